The van der Waals surface area contributed by atoms with E-state index in [0.29, 0.717) is 115 Å². The molecule has 66 heavy (non-hydrogen) atoms. The fourth-order valence-corrected chi connectivity index (χ4v) is 9.13. The lowest BCUT2D eigenvalue weighted by atomic mass is 9.77. The van der Waals surface area contributed by atoms with E-state index in [9.17, 15) is 43.7 Å². The van der Waals surface area contributed by atoms with Gasteiger partial charge in [0.25, 0.3) is 30.4 Å². The molecule has 0 spiro atoms. The second-order valence-corrected chi connectivity index (χ2v) is 20.3. The Labute approximate surface area is 387 Å². The number of allylic oxidation sites excluding steroid dienone is 3. The molecule has 0 fully saturated rings. The highest BCUT2D eigenvalue weighted by Crippen LogP contribution is 2.51. The molecule has 0 saturated heterocycles. The molecule has 3 aliphatic rings. The molecule has 0 saturated carbocycles. The summed E-state index contributed by atoms with van der Waals surface area (Å²) in [5.41, 5.74) is 2.39. The van der Waals surface area contributed by atoms with Gasteiger partial charge in [-0.2, -0.15) is 25.3 Å². The zero-order chi connectivity index (χ0) is 48.2. The topological polar surface area (TPSA) is 266 Å². The molecule has 4 rings (SSSR count). The van der Waals surface area contributed by atoms with Crippen molar-refractivity contribution in [2.75, 3.05) is 103 Å². The molecule has 368 valence electrons. The number of carboxylic acids is 1. The van der Waals surface area contributed by atoms with Gasteiger partial charge >= 0.3 is 5.97 Å². The maximum Gasteiger partial charge on any atom is 0.303 e. The van der Waals surface area contributed by atoms with E-state index in [-0.39, 0.29) is 37.1 Å². The first-order chi connectivity index (χ1) is 31.3. The third-order valence-electron chi connectivity index (χ3n) is 10.9. The van der Waals surface area contributed by atoms with Gasteiger partial charge in [0.2, 0.25) is 5.36 Å². The molecule has 2 heterocycles. The molecule has 1 atom stereocenters. The predicted octanol–water partition coefficient (Wildman–Crippen LogP) is 4.38. The first-order valence-electron chi connectivity index (χ1n) is 21.6. The molecule has 22 heteroatoms. The molecule has 19 nitrogen and oxygen atoms in total. The van der Waals surface area contributed by atoms with Gasteiger partial charge < -0.3 is 38.1 Å². The highest BCUT2D eigenvalue weighted by Gasteiger charge is 2.43. The number of hydrogen-bond donors (Lipinski definition) is 4. The number of hydrogen-bond acceptors (Lipinski definition) is 14. The van der Waals surface area contributed by atoms with Gasteiger partial charge in [0.15, 0.2) is 6.54 Å². The van der Waals surface area contributed by atoms with Crippen LogP contribution in [0.2, 0.25) is 0 Å². The highest BCUT2D eigenvalue weighted by atomic mass is 32.2. The number of carbonyl (C=O) groups is 1. The van der Waals surface area contributed by atoms with Crippen LogP contribution in [0.4, 0.5) is 5.69 Å². The number of rotatable bonds is 32. The van der Waals surface area contributed by atoms with Crippen LogP contribution in [0.3, 0.4) is 0 Å². The van der Waals surface area contributed by atoms with E-state index in [0.717, 1.165) is 16.5 Å². The maximum absolute atomic E-state index is 12.3. The van der Waals surface area contributed by atoms with Crippen molar-refractivity contribution in [1.82, 2.24) is 4.58 Å². The number of methoxy groups -OCH3 is 1. The third kappa shape index (κ3) is 18.2. The average molecular weight is 988 g/mol. The first-order valence-corrected chi connectivity index (χ1v) is 26.3. The van der Waals surface area contributed by atoms with Crippen LogP contribution in [-0.4, -0.2) is 148 Å². The second kappa shape index (κ2) is 26.5. The molecule has 1 aromatic carbocycles. The van der Waals surface area contributed by atoms with Crippen molar-refractivity contribution >= 4 is 48.1 Å². The van der Waals surface area contributed by atoms with Crippen LogP contribution in [0, 0.1) is 0 Å². The number of anilines is 1. The summed E-state index contributed by atoms with van der Waals surface area (Å²) in [7, 11) is -11.5. The van der Waals surface area contributed by atoms with Gasteiger partial charge in [0.1, 0.15) is 18.9 Å². The average Bonchev–Trinajstić information content (AvgIpc) is 3.47. The summed E-state index contributed by atoms with van der Waals surface area (Å²) in [5, 5.41) is 9.87. The van der Waals surface area contributed by atoms with E-state index >= 15 is 0 Å². The Kier molecular flexibility index (Phi) is 21.9. The van der Waals surface area contributed by atoms with Crippen molar-refractivity contribution in [3.05, 3.63) is 83.1 Å². The van der Waals surface area contributed by atoms with Gasteiger partial charge in [0, 0.05) is 54.9 Å². The molecule has 0 radical (unpaired) electrons. The lowest BCUT2D eigenvalue weighted by molar-refractivity contribution is -0.137. The Morgan fingerprint density at radius 1 is 0.758 bits per heavy atom. The Bertz CT molecular complexity index is 2470. The van der Waals surface area contributed by atoms with Crippen molar-refractivity contribution in [3.63, 3.8) is 0 Å². The third-order valence-corrected chi connectivity index (χ3v) is 13.3. The van der Waals surface area contributed by atoms with Crippen LogP contribution >= 0.6 is 0 Å². The smallest absolute Gasteiger partial charge is 0.303 e. The predicted molar refractivity (Wildman–Crippen MR) is 246 cm³/mol. The summed E-state index contributed by atoms with van der Waals surface area (Å²) in [6, 6.07) is 11.6. The maximum atomic E-state index is 12.3. The number of carboxylic acid groups (broad SMARTS) is 1. The van der Waals surface area contributed by atoms with Crippen LogP contribution in [0.1, 0.15) is 63.0 Å². The van der Waals surface area contributed by atoms with E-state index in [4.69, 9.17) is 33.2 Å². The van der Waals surface area contributed by atoms with Crippen LogP contribution < -0.4 is 14.8 Å². The molecule has 1 aromatic rings. The lowest BCUT2D eigenvalue weighted by Crippen LogP contribution is -2.35. The van der Waals surface area contributed by atoms with Crippen molar-refractivity contribution in [2.45, 2.75) is 62.2 Å². The molecule has 1 unspecified atom stereocenters. The van der Waals surface area contributed by atoms with Gasteiger partial charge in [-0.05, 0) is 80.1 Å². The summed E-state index contributed by atoms with van der Waals surface area (Å²) in [6.07, 6.45) is 9.03. The van der Waals surface area contributed by atoms with Crippen LogP contribution in [0.15, 0.2) is 75.9 Å². The van der Waals surface area contributed by atoms with Crippen LogP contribution in [0.5, 0.6) is 0 Å². The van der Waals surface area contributed by atoms with Crippen molar-refractivity contribution in [1.29, 1.82) is 0 Å². The number of fused-ring (bicyclic) bond motifs is 2. The van der Waals surface area contributed by atoms with E-state index < -0.39 is 53.2 Å². The van der Waals surface area contributed by atoms with Crippen LogP contribution in [0.25, 0.3) is 17.4 Å². The molecule has 0 aromatic heterocycles. The van der Waals surface area contributed by atoms with Crippen molar-refractivity contribution < 1.29 is 76.9 Å². The van der Waals surface area contributed by atoms with Crippen molar-refractivity contribution in [2.24, 2.45) is 0 Å². The number of benzene rings is 2. The SMILES string of the molecule is COCCOCCOCCOCCOCC[N+](CCCS(=O)(=O)O)=c1ccc2c(C=CC=C3N(CCCCCC(=O)O)c4ccc(S(=O)(=O)O)cc4C3(C)CCCS(=O)(=O)O)ccoc-2c1. The summed E-state index contributed by atoms with van der Waals surface area (Å²) < 4.78 is 135. The van der Waals surface area contributed by atoms with E-state index in [1.165, 1.54) is 18.4 Å². The quantitative estimate of drug-likeness (QED) is 0.0384. The number of nitrogens with zero attached hydrogens (tertiary/aromatic N) is 2. The fraction of sp³-hybridized carbons (Fsp3) is 0.545. The zero-order valence-electron chi connectivity index (χ0n) is 37.4. The minimum atomic E-state index is -4.60. The van der Waals surface area contributed by atoms with Gasteiger partial charge in [-0.1, -0.05) is 18.6 Å². The Balaban J connectivity index is 1.57. The summed E-state index contributed by atoms with van der Waals surface area (Å²) >= 11 is 0. The lowest BCUT2D eigenvalue weighted by Gasteiger charge is -2.30. The Hall–Kier alpha value is -4.07. The standard InChI is InChI=1S/C44H62N2O17S3/c1-44(17-7-31-64(49,50)51)39-34-37(66(55,56)57)13-15-40(39)46(19-5-3-4-11-43(47)48)42(44)10-6-9-35-16-21-63-41-33-36(12-14-38(35)41)45(18-8-32-65(52,53)54)20-22-59-25-26-61-29-30-62-28-27-60-24-23-58-2/h6,9-10,12-16,21,33-34H,3-5,7-8,11,17-20,22-32H2,1-2H3,(H3-,47,48,49,50,51,52,53,54,55,56,57)/p+1. The fourth-order valence-electron chi connectivity index (χ4n) is 7.62. The van der Waals surface area contributed by atoms with Crippen molar-refractivity contribution in [3.8, 4) is 11.3 Å². The molecule has 2 aliphatic heterocycles. The molecule has 0 amide bonds. The normalized spacial score (nSPS) is 16.7. The summed E-state index contributed by atoms with van der Waals surface area (Å²) in [4.78, 5) is 12.8. The summed E-state index contributed by atoms with van der Waals surface area (Å²) in [6.45, 7) is 6.65. The Morgan fingerprint density at radius 3 is 2.02 bits per heavy atom. The van der Waals surface area contributed by atoms with E-state index in [1.54, 1.807) is 19.2 Å². The number of unbranched alkanes of at least 4 members (excludes halogenated alkanes) is 2. The van der Waals surface area contributed by atoms with Crippen LogP contribution in [-0.2, 0) is 64.2 Å². The zero-order valence-corrected chi connectivity index (χ0v) is 39.9. The van der Waals surface area contributed by atoms with E-state index in [1.807, 2.05) is 52.8 Å². The summed E-state index contributed by atoms with van der Waals surface area (Å²) in [5.74, 6) is -1.33. The minimum Gasteiger partial charge on any atom is -0.481 e. The van der Waals surface area contributed by atoms with Gasteiger partial charge in [-0.15, -0.1) is 0 Å². The second-order valence-electron chi connectivity index (χ2n) is 15.8. The molecule has 4 N–H and O–H groups in total. The van der Waals surface area contributed by atoms with Gasteiger partial charge in [-0.3, -0.25) is 18.5 Å². The van der Waals surface area contributed by atoms with Gasteiger partial charge in [0.05, 0.1) is 81.6 Å². The molecule has 0 bridgehead atoms. The highest BCUT2D eigenvalue weighted by molar-refractivity contribution is 7.86. The number of aliphatic carboxylic acids is 1. The largest absolute Gasteiger partial charge is 0.481 e. The Morgan fingerprint density at radius 2 is 1.39 bits per heavy atom. The minimum absolute atomic E-state index is 0.00777. The number of ether oxygens (including phenoxy) is 5. The monoisotopic (exact) mass is 987 g/mol. The van der Waals surface area contributed by atoms with Gasteiger partial charge in [-0.25, -0.2) is 4.58 Å². The molecular weight excluding hydrogens is 925 g/mol. The van der Waals surface area contributed by atoms with E-state index in [2.05, 4.69) is 0 Å². The molecule has 1 aliphatic carbocycles. The molecular formula is C44H63N2O17S3+. The first kappa shape index (κ1) is 54.5.